The molecule has 0 aliphatic heterocycles. The minimum atomic E-state index is -0.264. The Bertz CT molecular complexity index is 344. The highest BCUT2D eigenvalue weighted by Crippen LogP contribution is 2.24. The van der Waals surface area contributed by atoms with Crippen molar-refractivity contribution in [3.05, 3.63) is 28.0 Å². The summed E-state index contributed by atoms with van der Waals surface area (Å²) in [4.78, 5) is 0. The molecule has 1 aromatic rings. The predicted octanol–water partition coefficient (Wildman–Crippen LogP) is 3.27. The standard InChI is InChI=1S/C12H17BrFNO/c13-10-8-12(15)9(7-11(10)14)5-3-1-2-4-6-16/h7-8,16H,1-6,15H2. The molecule has 90 valence electrons. The molecule has 0 fully saturated rings. The van der Waals surface area contributed by atoms with Gasteiger partial charge in [-0.1, -0.05) is 12.8 Å². The number of nitrogen functional groups attached to an aromatic ring is 1. The van der Waals surface area contributed by atoms with Gasteiger partial charge in [0, 0.05) is 12.3 Å². The summed E-state index contributed by atoms with van der Waals surface area (Å²) < 4.78 is 13.7. The number of rotatable bonds is 6. The van der Waals surface area contributed by atoms with E-state index in [1.54, 1.807) is 6.07 Å². The molecular weight excluding hydrogens is 273 g/mol. The molecule has 0 unspecified atom stereocenters. The molecule has 0 saturated heterocycles. The van der Waals surface area contributed by atoms with E-state index in [9.17, 15) is 4.39 Å². The highest BCUT2D eigenvalue weighted by Gasteiger charge is 2.05. The van der Waals surface area contributed by atoms with Crippen LogP contribution in [0.1, 0.15) is 31.2 Å². The lowest BCUT2D eigenvalue weighted by Gasteiger charge is -2.07. The highest BCUT2D eigenvalue weighted by molar-refractivity contribution is 9.10. The second kappa shape index (κ2) is 6.86. The topological polar surface area (TPSA) is 46.2 Å². The summed E-state index contributed by atoms with van der Waals surface area (Å²) in [5.74, 6) is -0.264. The molecule has 0 saturated carbocycles. The van der Waals surface area contributed by atoms with E-state index in [0.29, 0.717) is 10.2 Å². The number of unbranched alkanes of at least 4 members (excludes halogenated alkanes) is 3. The van der Waals surface area contributed by atoms with Gasteiger partial charge in [0.1, 0.15) is 5.82 Å². The Hall–Kier alpha value is -0.610. The lowest BCUT2D eigenvalue weighted by Crippen LogP contribution is -1.97. The zero-order valence-corrected chi connectivity index (χ0v) is 10.8. The summed E-state index contributed by atoms with van der Waals surface area (Å²) in [6.07, 6.45) is 4.66. The van der Waals surface area contributed by atoms with Gasteiger partial charge in [-0.3, -0.25) is 0 Å². The van der Waals surface area contributed by atoms with Gasteiger partial charge in [0.15, 0.2) is 0 Å². The molecular formula is C12H17BrFNO. The van der Waals surface area contributed by atoms with Crippen molar-refractivity contribution in [2.45, 2.75) is 32.1 Å². The highest BCUT2D eigenvalue weighted by atomic mass is 79.9. The third-order valence-corrected chi connectivity index (χ3v) is 3.14. The summed E-state index contributed by atoms with van der Waals surface area (Å²) in [6, 6.07) is 3.10. The first kappa shape index (κ1) is 13.5. The second-order valence-corrected chi connectivity index (χ2v) is 4.71. The lowest BCUT2D eigenvalue weighted by atomic mass is 10.0. The van der Waals surface area contributed by atoms with E-state index in [2.05, 4.69) is 15.9 Å². The van der Waals surface area contributed by atoms with Crippen LogP contribution in [0.4, 0.5) is 10.1 Å². The Morgan fingerprint density at radius 2 is 1.88 bits per heavy atom. The monoisotopic (exact) mass is 289 g/mol. The van der Waals surface area contributed by atoms with Crippen LogP contribution in [0.15, 0.2) is 16.6 Å². The van der Waals surface area contributed by atoms with Gasteiger partial charge in [0.05, 0.1) is 4.47 Å². The Morgan fingerprint density at radius 1 is 1.19 bits per heavy atom. The van der Waals surface area contributed by atoms with E-state index in [1.165, 1.54) is 6.07 Å². The third-order valence-electron chi connectivity index (χ3n) is 2.54. The molecule has 0 aliphatic rings. The van der Waals surface area contributed by atoms with Crippen molar-refractivity contribution in [2.24, 2.45) is 0 Å². The fourth-order valence-corrected chi connectivity index (χ4v) is 1.96. The molecule has 0 atom stereocenters. The van der Waals surface area contributed by atoms with Gasteiger partial charge in [-0.25, -0.2) is 4.39 Å². The van der Waals surface area contributed by atoms with Gasteiger partial charge >= 0.3 is 0 Å². The van der Waals surface area contributed by atoms with Crippen molar-refractivity contribution < 1.29 is 9.50 Å². The van der Waals surface area contributed by atoms with E-state index < -0.39 is 0 Å². The fraction of sp³-hybridized carbons (Fsp3) is 0.500. The number of halogens is 2. The maximum Gasteiger partial charge on any atom is 0.137 e. The van der Waals surface area contributed by atoms with E-state index in [1.807, 2.05) is 0 Å². The zero-order chi connectivity index (χ0) is 12.0. The van der Waals surface area contributed by atoms with Crippen LogP contribution in [0.3, 0.4) is 0 Å². The number of hydrogen-bond acceptors (Lipinski definition) is 2. The van der Waals surface area contributed by atoms with Crippen molar-refractivity contribution in [3.63, 3.8) is 0 Å². The number of nitrogens with two attached hydrogens (primary N) is 1. The van der Waals surface area contributed by atoms with Crippen molar-refractivity contribution in [1.82, 2.24) is 0 Å². The zero-order valence-electron chi connectivity index (χ0n) is 9.18. The molecule has 0 radical (unpaired) electrons. The summed E-state index contributed by atoms with van der Waals surface area (Å²) in [6.45, 7) is 0.245. The SMILES string of the molecule is Nc1cc(Br)c(F)cc1CCCCCCO. The Morgan fingerprint density at radius 3 is 2.56 bits per heavy atom. The summed E-state index contributed by atoms with van der Waals surface area (Å²) in [5, 5.41) is 8.62. The number of aliphatic hydroxyl groups is 1. The molecule has 1 aromatic carbocycles. The smallest absolute Gasteiger partial charge is 0.137 e. The van der Waals surface area contributed by atoms with Crippen molar-refractivity contribution in [1.29, 1.82) is 0 Å². The van der Waals surface area contributed by atoms with Gasteiger partial charge in [-0.15, -0.1) is 0 Å². The number of benzene rings is 1. The van der Waals surface area contributed by atoms with Crippen LogP contribution in [0.5, 0.6) is 0 Å². The van der Waals surface area contributed by atoms with Crippen LogP contribution in [0.25, 0.3) is 0 Å². The number of hydrogen-bond donors (Lipinski definition) is 2. The van der Waals surface area contributed by atoms with Crippen LogP contribution in [0, 0.1) is 5.82 Å². The first-order valence-electron chi connectivity index (χ1n) is 5.49. The summed E-state index contributed by atoms with van der Waals surface area (Å²) in [5.41, 5.74) is 7.29. The largest absolute Gasteiger partial charge is 0.398 e. The number of anilines is 1. The lowest BCUT2D eigenvalue weighted by molar-refractivity contribution is 0.282. The molecule has 16 heavy (non-hydrogen) atoms. The van der Waals surface area contributed by atoms with Crippen LogP contribution in [0.2, 0.25) is 0 Å². The molecule has 2 nitrogen and oxygen atoms in total. The van der Waals surface area contributed by atoms with Gasteiger partial charge < -0.3 is 10.8 Å². The molecule has 4 heteroatoms. The first-order chi connectivity index (χ1) is 7.65. The van der Waals surface area contributed by atoms with Crippen LogP contribution in [-0.4, -0.2) is 11.7 Å². The van der Waals surface area contributed by atoms with Crippen molar-refractivity contribution >= 4 is 21.6 Å². The third kappa shape index (κ3) is 4.10. The molecule has 0 aromatic heterocycles. The van der Waals surface area contributed by atoms with Gasteiger partial charge in [-0.05, 0) is 52.9 Å². The average Bonchev–Trinajstić information content (AvgIpc) is 2.25. The second-order valence-electron chi connectivity index (χ2n) is 3.85. The van der Waals surface area contributed by atoms with Crippen LogP contribution in [-0.2, 0) is 6.42 Å². The Kier molecular flexibility index (Phi) is 5.77. The predicted molar refractivity (Wildman–Crippen MR) is 67.8 cm³/mol. The molecule has 0 amide bonds. The maximum atomic E-state index is 13.3. The van der Waals surface area contributed by atoms with Crippen molar-refractivity contribution in [3.8, 4) is 0 Å². The molecule has 0 aliphatic carbocycles. The Labute approximate surface area is 104 Å². The normalized spacial score (nSPS) is 10.7. The summed E-state index contributed by atoms with van der Waals surface area (Å²) in [7, 11) is 0. The molecule has 0 bridgehead atoms. The molecule has 1 rings (SSSR count). The Balaban J connectivity index is 2.45. The first-order valence-corrected chi connectivity index (χ1v) is 6.28. The van der Waals surface area contributed by atoms with Crippen LogP contribution < -0.4 is 5.73 Å². The van der Waals surface area contributed by atoms with Gasteiger partial charge in [0.25, 0.3) is 0 Å². The van der Waals surface area contributed by atoms with Gasteiger partial charge in [-0.2, -0.15) is 0 Å². The number of aliphatic hydroxyl groups excluding tert-OH is 1. The van der Waals surface area contributed by atoms with Crippen LogP contribution >= 0.6 is 15.9 Å². The fourth-order valence-electron chi connectivity index (χ4n) is 1.60. The maximum absolute atomic E-state index is 13.3. The number of aryl methyl sites for hydroxylation is 1. The average molecular weight is 290 g/mol. The van der Waals surface area contributed by atoms with E-state index in [0.717, 1.165) is 37.7 Å². The van der Waals surface area contributed by atoms with E-state index >= 15 is 0 Å². The van der Waals surface area contributed by atoms with E-state index in [-0.39, 0.29) is 12.4 Å². The quantitative estimate of drug-likeness (QED) is 0.624. The summed E-state index contributed by atoms with van der Waals surface area (Å²) >= 11 is 3.10. The molecule has 0 spiro atoms. The molecule has 0 heterocycles. The van der Waals surface area contributed by atoms with Gasteiger partial charge in [0.2, 0.25) is 0 Å². The van der Waals surface area contributed by atoms with Crippen molar-refractivity contribution in [2.75, 3.05) is 12.3 Å². The van der Waals surface area contributed by atoms with E-state index in [4.69, 9.17) is 10.8 Å². The molecule has 3 N–H and O–H groups in total. The minimum Gasteiger partial charge on any atom is -0.398 e. The minimum absolute atomic E-state index is 0.245.